The predicted octanol–water partition coefficient (Wildman–Crippen LogP) is 0.745. The Morgan fingerprint density at radius 2 is 1.92 bits per heavy atom. The molecule has 3 heteroatoms. The van der Waals surface area contributed by atoms with Crippen molar-refractivity contribution in [2.75, 3.05) is 0 Å². The first kappa shape index (κ1) is 8.46. The number of hydrogen-bond donors (Lipinski definition) is 1. The summed E-state index contributed by atoms with van der Waals surface area (Å²) >= 11 is 0. The van der Waals surface area contributed by atoms with Crippen LogP contribution in [0.4, 0.5) is 0 Å². The summed E-state index contributed by atoms with van der Waals surface area (Å²) in [4.78, 5) is 19.0. The Labute approximate surface area is 70.4 Å². The first-order valence-corrected chi connectivity index (χ1v) is 3.53. The summed E-state index contributed by atoms with van der Waals surface area (Å²) in [6.45, 7) is 2.69. The Hall–Kier alpha value is -1.64. The van der Waals surface area contributed by atoms with Gasteiger partial charge in [0, 0.05) is 12.1 Å². The van der Waals surface area contributed by atoms with Crippen molar-refractivity contribution in [3.8, 4) is 0 Å². The maximum absolute atomic E-state index is 11.0. The molecule has 1 aromatic rings. The molecule has 1 heterocycles. The zero-order valence-corrected chi connectivity index (χ0v) is 6.54. The van der Waals surface area contributed by atoms with Crippen molar-refractivity contribution in [2.45, 2.75) is 6.54 Å². The smallest absolute Gasteiger partial charge is 0.251 e. The van der Waals surface area contributed by atoms with Crippen LogP contribution in [0.5, 0.6) is 0 Å². The molecule has 0 saturated heterocycles. The van der Waals surface area contributed by atoms with E-state index < -0.39 is 0 Å². The van der Waals surface area contributed by atoms with Gasteiger partial charge in [0.1, 0.15) is 6.79 Å². The quantitative estimate of drug-likeness (QED) is 0.613. The number of rotatable bonds is 0. The number of hydrogen-bond acceptors (Lipinski definition) is 2. The van der Waals surface area contributed by atoms with Crippen LogP contribution < -0.4 is 5.32 Å². The van der Waals surface area contributed by atoms with Crippen molar-refractivity contribution >= 4 is 12.7 Å². The van der Waals surface area contributed by atoms with Crippen LogP contribution in [0.25, 0.3) is 0 Å². The van der Waals surface area contributed by atoms with Crippen molar-refractivity contribution < 1.29 is 9.59 Å². The molecule has 3 nitrogen and oxygen atoms in total. The summed E-state index contributed by atoms with van der Waals surface area (Å²) < 4.78 is 0. The molecule has 0 fully saturated rings. The summed E-state index contributed by atoms with van der Waals surface area (Å²) in [6, 6.07) is 7.63. The fourth-order valence-electron chi connectivity index (χ4n) is 1.17. The first-order chi connectivity index (χ1) is 5.88. The topological polar surface area (TPSA) is 46.2 Å². The fraction of sp³-hybridized carbons (Fsp3) is 0.111. The highest BCUT2D eigenvalue weighted by Gasteiger charge is 2.16. The second-order valence-electron chi connectivity index (χ2n) is 2.34. The van der Waals surface area contributed by atoms with E-state index in [-0.39, 0.29) is 5.91 Å². The van der Waals surface area contributed by atoms with Gasteiger partial charge in [-0.15, -0.1) is 0 Å². The van der Waals surface area contributed by atoms with Gasteiger partial charge in [0.2, 0.25) is 0 Å². The largest absolute Gasteiger partial charge is 0.348 e. The van der Waals surface area contributed by atoms with Gasteiger partial charge in [0.05, 0.1) is 0 Å². The van der Waals surface area contributed by atoms with Crippen molar-refractivity contribution in [3.05, 3.63) is 35.4 Å². The van der Waals surface area contributed by atoms with Crippen LogP contribution in [-0.2, 0) is 11.3 Å². The normalized spacial score (nSPS) is 12.5. The van der Waals surface area contributed by atoms with Gasteiger partial charge in [-0.2, -0.15) is 0 Å². The van der Waals surface area contributed by atoms with Gasteiger partial charge in [-0.25, -0.2) is 0 Å². The molecule has 1 aliphatic rings. The predicted molar refractivity (Wildman–Crippen MR) is 44.7 cm³/mol. The van der Waals surface area contributed by atoms with Crippen LogP contribution in [0.15, 0.2) is 24.3 Å². The monoisotopic (exact) mass is 163 g/mol. The maximum atomic E-state index is 11.0. The lowest BCUT2D eigenvalue weighted by Gasteiger charge is -1.89. The number of benzene rings is 1. The van der Waals surface area contributed by atoms with E-state index in [0.29, 0.717) is 6.54 Å². The van der Waals surface area contributed by atoms with E-state index in [2.05, 4.69) is 5.32 Å². The van der Waals surface area contributed by atoms with E-state index in [9.17, 15) is 4.79 Å². The van der Waals surface area contributed by atoms with Crippen LogP contribution in [-0.4, -0.2) is 12.7 Å². The Morgan fingerprint density at radius 3 is 2.58 bits per heavy atom. The van der Waals surface area contributed by atoms with Crippen LogP contribution in [0, 0.1) is 0 Å². The van der Waals surface area contributed by atoms with Gasteiger partial charge in [-0.05, 0) is 11.6 Å². The summed E-state index contributed by atoms with van der Waals surface area (Å²) in [7, 11) is 0. The zero-order valence-electron chi connectivity index (χ0n) is 6.54. The number of carbonyl (C=O) groups excluding carboxylic acids is 2. The fourth-order valence-corrected chi connectivity index (χ4v) is 1.17. The second-order valence-corrected chi connectivity index (χ2v) is 2.34. The molecule has 0 unspecified atom stereocenters. The Kier molecular flexibility index (Phi) is 2.58. The van der Waals surface area contributed by atoms with Crippen LogP contribution >= 0.6 is 0 Å². The Balaban J connectivity index is 0.000000336. The number of nitrogens with one attached hydrogen (secondary N) is 1. The SMILES string of the molecule is C=O.O=C1NCc2ccccc21. The molecule has 1 aromatic carbocycles. The minimum absolute atomic E-state index is 0.0515. The molecule has 1 aliphatic heterocycles. The summed E-state index contributed by atoms with van der Waals surface area (Å²) in [5.41, 5.74) is 1.93. The average molecular weight is 163 g/mol. The number of carbonyl (C=O) groups is 2. The lowest BCUT2D eigenvalue weighted by atomic mass is 10.1. The van der Waals surface area contributed by atoms with E-state index in [4.69, 9.17) is 4.79 Å². The minimum Gasteiger partial charge on any atom is -0.348 e. The van der Waals surface area contributed by atoms with Crippen molar-refractivity contribution in [1.82, 2.24) is 5.32 Å². The average Bonchev–Trinajstić information content (AvgIpc) is 2.53. The van der Waals surface area contributed by atoms with Gasteiger partial charge in [0.25, 0.3) is 5.91 Å². The van der Waals surface area contributed by atoms with Crippen LogP contribution in [0.3, 0.4) is 0 Å². The van der Waals surface area contributed by atoms with Gasteiger partial charge in [-0.3, -0.25) is 4.79 Å². The summed E-state index contributed by atoms with van der Waals surface area (Å²) in [5.74, 6) is 0.0515. The zero-order chi connectivity index (χ0) is 8.97. The van der Waals surface area contributed by atoms with Gasteiger partial charge < -0.3 is 10.1 Å². The highest BCUT2D eigenvalue weighted by Crippen LogP contribution is 2.13. The highest BCUT2D eigenvalue weighted by atomic mass is 16.1. The van der Waals surface area contributed by atoms with E-state index in [1.54, 1.807) is 0 Å². The second kappa shape index (κ2) is 3.67. The standard InChI is InChI=1S/C8H7NO.CH2O/c10-8-7-4-2-1-3-6(7)5-9-8;1-2/h1-4H,5H2,(H,9,10);1H2. The molecular weight excluding hydrogens is 154 g/mol. The molecule has 1 amide bonds. The molecular formula is C9H9NO2. The van der Waals surface area contributed by atoms with Crippen molar-refractivity contribution in [1.29, 1.82) is 0 Å². The summed E-state index contributed by atoms with van der Waals surface area (Å²) in [5, 5.41) is 2.75. The molecule has 12 heavy (non-hydrogen) atoms. The van der Waals surface area contributed by atoms with Crippen molar-refractivity contribution in [3.63, 3.8) is 0 Å². The van der Waals surface area contributed by atoms with Crippen molar-refractivity contribution in [2.24, 2.45) is 0 Å². The van der Waals surface area contributed by atoms with Crippen LogP contribution in [0.2, 0.25) is 0 Å². The molecule has 0 aromatic heterocycles. The molecule has 0 bridgehead atoms. The summed E-state index contributed by atoms with van der Waals surface area (Å²) in [6.07, 6.45) is 0. The van der Waals surface area contributed by atoms with E-state index in [1.165, 1.54) is 0 Å². The molecule has 2 rings (SSSR count). The van der Waals surface area contributed by atoms with Gasteiger partial charge in [0.15, 0.2) is 0 Å². The molecule has 0 atom stereocenters. The number of fused-ring (bicyclic) bond motifs is 1. The lowest BCUT2D eigenvalue weighted by molar-refractivity contribution is -0.0979. The molecule has 0 aliphatic carbocycles. The Morgan fingerprint density at radius 1 is 1.25 bits per heavy atom. The third-order valence-electron chi connectivity index (χ3n) is 1.70. The van der Waals surface area contributed by atoms with Gasteiger partial charge >= 0.3 is 0 Å². The third kappa shape index (κ3) is 1.34. The van der Waals surface area contributed by atoms with E-state index in [1.807, 2.05) is 31.1 Å². The van der Waals surface area contributed by atoms with E-state index >= 15 is 0 Å². The molecule has 0 spiro atoms. The molecule has 1 N–H and O–H groups in total. The van der Waals surface area contributed by atoms with E-state index in [0.717, 1.165) is 11.1 Å². The van der Waals surface area contributed by atoms with Gasteiger partial charge in [-0.1, -0.05) is 18.2 Å². The Bertz CT molecular complexity index is 296. The molecule has 62 valence electrons. The third-order valence-corrected chi connectivity index (χ3v) is 1.70. The minimum atomic E-state index is 0.0515. The molecule has 0 radical (unpaired) electrons. The lowest BCUT2D eigenvalue weighted by Crippen LogP contribution is -2.12. The maximum Gasteiger partial charge on any atom is 0.251 e. The number of amides is 1. The first-order valence-electron chi connectivity index (χ1n) is 3.53. The molecule has 0 saturated carbocycles. The highest BCUT2D eigenvalue weighted by molar-refractivity contribution is 5.98. The van der Waals surface area contributed by atoms with Crippen LogP contribution in [0.1, 0.15) is 15.9 Å².